The van der Waals surface area contributed by atoms with Crippen LogP contribution in [-0.4, -0.2) is 5.71 Å². The average Bonchev–Trinajstić information content (AvgIpc) is 1.88. The van der Waals surface area contributed by atoms with E-state index >= 15 is 0 Å². The molecule has 0 amide bonds. The van der Waals surface area contributed by atoms with Gasteiger partial charge in [0.25, 0.3) is 0 Å². The molecule has 0 radical (unpaired) electrons. The molecule has 52 valence electrons. The van der Waals surface area contributed by atoms with Gasteiger partial charge in [0.2, 0.25) is 0 Å². The minimum Gasteiger partial charge on any atom is -0.300 e. The molecular formula is C9H11N. The number of hydrogen-bond donors (Lipinski definition) is 1. The van der Waals surface area contributed by atoms with Crippen LogP contribution in [0.1, 0.15) is 13.8 Å². The van der Waals surface area contributed by atoms with Crippen molar-refractivity contribution >= 4 is 5.71 Å². The van der Waals surface area contributed by atoms with Crippen LogP contribution < -0.4 is 0 Å². The summed E-state index contributed by atoms with van der Waals surface area (Å²) in [6.45, 7) is 3.98. The fourth-order valence-electron chi connectivity index (χ4n) is 1.06. The van der Waals surface area contributed by atoms with Gasteiger partial charge in [0.1, 0.15) is 0 Å². The quantitative estimate of drug-likeness (QED) is 0.525. The lowest BCUT2D eigenvalue weighted by atomic mass is 9.98. The van der Waals surface area contributed by atoms with Crippen molar-refractivity contribution < 1.29 is 0 Å². The summed E-state index contributed by atoms with van der Waals surface area (Å²) in [5.74, 6) is 0. The summed E-state index contributed by atoms with van der Waals surface area (Å²) in [7, 11) is 0. The Bertz CT molecular complexity index is 241. The van der Waals surface area contributed by atoms with Crippen LogP contribution in [0.2, 0.25) is 0 Å². The van der Waals surface area contributed by atoms with Crippen LogP contribution in [0.25, 0.3) is 0 Å². The normalized spacial score (nSPS) is 21.6. The van der Waals surface area contributed by atoms with Crippen molar-refractivity contribution in [3.8, 4) is 0 Å². The summed E-state index contributed by atoms with van der Waals surface area (Å²) in [4.78, 5) is 0. The number of allylic oxidation sites excluding steroid dienone is 6. The van der Waals surface area contributed by atoms with E-state index in [-0.39, 0.29) is 0 Å². The summed E-state index contributed by atoms with van der Waals surface area (Å²) in [5, 5.41) is 7.48. The Morgan fingerprint density at radius 3 is 2.60 bits per heavy atom. The maximum atomic E-state index is 7.48. The van der Waals surface area contributed by atoms with Crippen molar-refractivity contribution in [3.05, 3.63) is 35.5 Å². The van der Waals surface area contributed by atoms with E-state index in [9.17, 15) is 0 Å². The van der Waals surface area contributed by atoms with Crippen molar-refractivity contribution in [2.45, 2.75) is 13.8 Å². The summed E-state index contributed by atoms with van der Waals surface area (Å²) in [5.41, 5.74) is 2.83. The summed E-state index contributed by atoms with van der Waals surface area (Å²) in [6, 6.07) is 0. The molecule has 0 aliphatic heterocycles. The van der Waals surface area contributed by atoms with E-state index < -0.39 is 0 Å². The topological polar surface area (TPSA) is 23.9 Å². The van der Waals surface area contributed by atoms with Gasteiger partial charge in [-0.05, 0) is 31.1 Å². The van der Waals surface area contributed by atoms with E-state index in [0.29, 0.717) is 5.71 Å². The van der Waals surface area contributed by atoms with E-state index in [1.165, 1.54) is 5.57 Å². The molecule has 1 N–H and O–H groups in total. The molecule has 0 saturated heterocycles. The van der Waals surface area contributed by atoms with Gasteiger partial charge >= 0.3 is 0 Å². The smallest absolute Gasteiger partial charge is 0.0611 e. The SMILES string of the molecule is C/C=C1\C(=N)C=CC=C1C. The molecule has 1 aliphatic carbocycles. The molecule has 0 atom stereocenters. The highest BCUT2D eigenvalue weighted by atomic mass is 14.4. The standard InChI is InChI=1S/C9H11N/c1-3-8-7(2)5-4-6-9(8)10/h3-6,10H,1-2H3/b8-3-,10-9?. The van der Waals surface area contributed by atoms with Crippen molar-refractivity contribution in [1.82, 2.24) is 0 Å². The lowest BCUT2D eigenvalue weighted by Gasteiger charge is -2.08. The molecule has 0 heterocycles. The van der Waals surface area contributed by atoms with Gasteiger partial charge in [-0.25, -0.2) is 0 Å². The molecule has 10 heavy (non-hydrogen) atoms. The van der Waals surface area contributed by atoms with Crippen molar-refractivity contribution in [3.63, 3.8) is 0 Å². The van der Waals surface area contributed by atoms with Gasteiger partial charge in [-0.15, -0.1) is 0 Å². The van der Waals surface area contributed by atoms with Gasteiger partial charge in [0.15, 0.2) is 0 Å². The maximum Gasteiger partial charge on any atom is 0.0611 e. The number of rotatable bonds is 0. The van der Waals surface area contributed by atoms with Gasteiger partial charge in [-0.2, -0.15) is 0 Å². The molecule has 0 aromatic rings. The van der Waals surface area contributed by atoms with Crippen LogP contribution in [0.5, 0.6) is 0 Å². The molecule has 0 fully saturated rings. The second kappa shape index (κ2) is 2.65. The molecule has 0 aromatic carbocycles. The van der Waals surface area contributed by atoms with Crippen LogP contribution in [0.3, 0.4) is 0 Å². The lowest BCUT2D eigenvalue weighted by Crippen LogP contribution is -2.01. The zero-order valence-electron chi connectivity index (χ0n) is 6.31. The molecule has 0 saturated carbocycles. The van der Waals surface area contributed by atoms with E-state index in [1.807, 2.05) is 38.2 Å². The molecule has 1 aliphatic rings. The Hall–Kier alpha value is -1.11. The van der Waals surface area contributed by atoms with Crippen LogP contribution in [0.4, 0.5) is 0 Å². The lowest BCUT2D eigenvalue weighted by molar-refractivity contribution is 1.38. The molecule has 1 nitrogen and oxygen atoms in total. The van der Waals surface area contributed by atoms with Crippen molar-refractivity contribution in [2.24, 2.45) is 0 Å². The molecule has 1 rings (SSSR count). The average molecular weight is 133 g/mol. The third-order valence-electron chi connectivity index (χ3n) is 1.61. The van der Waals surface area contributed by atoms with E-state index in [4.69, 9.17) is 5.41 Å². The summed E-state index contributed by atoms with van der Waals surface area (Å²) < 4.78 is 0. The van der Waals surface area contributed by atoms with Gasteiger partial charge in [0.05, 0.1) is 5.71 Å². The first-order valence-corrected chi connectivity index (χ1v) is 3.36. The van der Waals surface area contributed by atoms with Crippen LogP contribution in [0, 0.1) is 5.41 Å². The summed E-state index contributed by atoms with van der Waals surface area (Å²) >= 11 is 0. The Morgan fingerprint density at radius 1 is 1.50 bits per heavy atom. The van der Waals surface area contributed by atoms with Gasteiger partial charge in [-0.3, -0.25) is 0 Å². The highest BCUT2D eigenvalue weighted by Crippen LogP contribution is 2.15. The predicted molar refractivity (Wildman–Crippen MR) is 44.4 cm³/mol. The zero-order chi connectivity index (χ0) is 7.56. The molecule has 0 spiro atoms. The van der Waals surface area contributed by atoms with E-state index in [0.717, 1.165) is 5.57 Å². The fraction of sp³-hybridized carbons (Fsp3) is 0.222. The maximum absolute atomic E-state index is 7.48. The zero-order valence-corrected chi connectivity index (χ0v) is 6.31. The van der Waals surface area contributed by atoms with Gasteiger partial charge < -0.3 is 5.41 Å². The second-order valence-corrected chi connectivity index (χ2v) is 2.32. The molecule has 1 heteroatoms. The first-order valence-electron chi connectivity index (χ1n) is 3.36. The van der Waals surface area contributed by atoms with Gasteiger partial charge in [-0.1, -0.05) is 18.2 Å². The first kappa shape index (κ1) is 7.00. The number of hydrogen-bond acceptors (Lipinski definition) is 1. The Labute approximate surface area is 61.3 Å². The Balaban J connectivity index is 3.04. The minimum atomic E-state index is 0.613. The third-order valence-corrected chi connectivity index (χ3v) is 1.61. The Kier molecular flexibility index (Phi) is 1.86. The predicted octanol–water partition coefficient (Wildman–Crippen LogP) is 2.47. The minimum absolute atomic E-state index is 0.613. The monoisotopic (exact) mass is 133 g/mol. The highest BCUT2D eigenvalue weighted by Gasteiger charge is 2.04. The van der Waals surface area contributed by atoms with E-state index in [2.05, 4.69) is 0 Å². The van der Waals surface area contributed by atoms with Crippen LogP contribution in [-0.2, 0) is 0 Å². The summed E-state index contributed by atoms with van der Waals surface area (Å²) in [6.07, 6.45) is 7.71. The first-order chi connectivity index (χ1) is 4.75. The number of nitrogens with one attached hydrogen (secondary N) is 1. The largest absolute Gasteiger partial charge is 0.300 e. The molecule has 0 bridgehead atoms. The molecular weight excluding hydrogens is 122 g/mol. The second-order valence-electron chi connectivity index (χ2n) is 2.32. The van der Waals surface area contributed by atoms with Crippen LogP contribution >= 0.6 is 0 Å². The molecule has 0 aromatic heterocycles. The fourth-order valence-corrected chi connectivity index (χ4v) is 1.06. The van der Waals surface area contributed by atoms with Gasteiger partial charge in [0, 0.05) is 0 Å². The highest BCUT2D eigenvalue weighted by molar-refractivity contribution is 6.10. The van der Waals surface area contributed by atoms with Crippen molar-refractivity contribution in [2.75, 3.05) is 0 Å². The van der Waals surface area contributed by atoms with Crippen LogP contribution in [0.15, 0.2) is 35.5 Å². The Morgan fingerprint density at radius 2 is 2.20 bits per heavy atom. The third kappa shape index (κ3) is 1.08. The molecule has 0 unspecified atom stereocenters. The van der Waals surface area contributed by atoms with Crippen molar-refractivity contribution in [1.29, 1.82) is 5.41 Å². The van der Waals surface area contributed by atoms with E-state index in [1.54, 1.807) is 0 Å².